The molecule has 5 heteroatoms. The monoisotopic (exact) mass is 316 g/mol. The molecule has 2 saturated carbocycles. The Kier molecular flexibility index (Phi) is 3.74. The van der Waals surface area contributed by atoms with Gasteiger partial charge in [-0.15, -0.1) is 0 Å². The van der Waals surface area contributed by atoms with E-state index in [1.165, 1.54) is 24.2 Å². The van der Waals surface area contributed by atoms with Crippen molar-refractivity contribution in [1.82, 2.24) is 10.2 Å². The molecule has 1 aliphatic heterocycles. The van der Waals surface area contributed by atoms with Crippen molar-refractivity contribution in [2.75, 3.05) is 6.54 Å². The topological polar surface area (TPSA) is 66.5 Å². The molecule has 3 aliphatic carbocycles. The van der Waals surface area contributed by atoms with Crippen molar-refractivity contribution in [3.05, 3.63) is 12.2 Å². The number of hydrogen-bond acceptors (Lipinski definition) is 3. The Labute approximate surface area is 136 Å². The lowest BCUT2D eigenvalue weighted by molar-refractivity contribution is -0.141. The first-order valence-corrected chi connectivity index (χ1v) is 8.98. The van der Waals surface area contributed by atoms with Gasteiger partial charge in [0.1, 0.15) is 0 Å². The maximum absolute atomic E-state index is 12.5. The second-order valence-electron chi connectivity index (χ2n) is 7.48. The van der Waals surface area contributed by atoms with E-state index in [1.54, 1.807) is 0 Å². The second-order valence-corrected chi connectivity index (χ2v) is 7.48. The molecule has 1 heterocycles. The molecular weight excluding hydrogens is 292 g/mol. The molecule has 2 bridgehead atoms. The molecule has 0 aromatic carbocycles. The number of nitrogens with one attached hydrogen (secondary N) is 1. The molecule has 5 nitrogen and oxygen atoms in total. The van der Waals surface area contributed by atoms with Crippen molar-refractivity contribution in [3.63, 3.8) is 0 Å². The summed E-state index contributed by atoms with van der Waals surface area (Å²) >= 11 is 0. The van der Waals surface area contributed by atoms with Crippen LogP contribution in [0.1, 0.15) is 44.9 Å². The van der Waals surface area contributed by atoms with Crippen molar-refractivity contribution in [2.45, 2.75) is 51.0 Å². The van der Waals surface area contributed by atoms with Gasteiger partial charge in [-0.3, -0.25) is 19.3 Å². The van der Waals surface area contributed by atoms with Crippen LogP contribution in [0.25, 0.3) is 0 Å². The Morgan fingerprint density at radius 2 is 1.65 bits per heavy atom. The van der Waals surface area contributed by atoms with Crippen LogP contribution in [-0.2, 0) is 14.4 Å². The van der Waals surface area contributed by atoms with E-state index in [-0.39, 0.29) is 60.4 Å². The van der Waals surface area contributed by atoms with E-state index in [2.05, 4.69) is 17.5 Å². The van der Waals surface area contributed by atoms with Crippen LogP contribution in [0.5, 0.6) is 0 Å². The van der Waals surface area contributed by atoms with Crippen LogP contribution in [0, 0.1) is 23.7 Å². The molecule has 0 aromatic heterocycles. The van der Waals surface area contributed by atoms with Gasteiger partial charge in [0.25, 0.3) is 0 Å². The van der Waals surface area contributed by atoms with E-state index in [0.717, 1.165) is 19.3 Å². The van der Waals surface area contributed by atoms with Gasteiger partial charge in [-0.25, -0.2) is 0 Å². The molecule has 0 radical (unpaired) electrons. The fraction of sp³-hybridized carbons (Fsp3) is 0.722. The molecule has 4 rings (SSSR count). The molecule has 0 unspecified atom stereocenters. The summed E-state index contributed by atoms with van der Waals surface area (Å²) in [7, 11) is 0. The van der Waals surface area contributed by atoms with Crippen LogP contribution in [0.4, 0.5) is 0 Å². The predicted molar refractivity (Wildman–Crippen MR) is 84.1 cm³/mol. The molecule has 124 valence electrons. The third-order valence-corrected chi connectivity index (χ3v) is 6.09. The van der Waals surface area contributed by atoms with Gasteiger partial charge in [-0.1, -0.05) is 31.4 Å². The van der Waals surface area contributed by atoms with Gasteiger partial charge in [0, 0.05) is 19.0 Å². The summed E-state index contributed by atoms with van der Waals surface area (Å²) in [5, 5.41) is 3.05. The van der Waals surface area contributed by atoms with E-state index < -0.39 is 0 Å². The largest absolute Gasteiger partial charge is 0.353 e. The Bertz CT molecular complexity index is 535. The first-order valence-electron chi connectivity index (χ1n) is 8.98. The molecule has 0 spiro atoms. The zero-order valence-corrected chi connectivity index (χ0v) is 13.4. The van der Waals surface area contributed by atoms with E-state index >= 15 is 0 Å². The molecule has 0 aromatic rings. The first kappa shape index (κ1) is 14.9. The molecule has 1 N–H and O–H groups in total. The third kappa shape index (κ3) is 2.50. The summed E-state index contributed by atoms with van der Waals surface area (Å²) in [5.41, 5.74) is 0. The average molecular weight is 316 g/mol. The van der Waals surface area contributed by atoms with Crippen LogP contribution < -0.4 is 5.32 Å². The highest BCUT2D eigenvalue weighted by atomic mass is 16.2. The lowest BCUT2D eigenvalue weighted by atomic mass is 9.85. The van der Waals surface area contributed by atoms with Crippen LogP contribution in [0.15, 0.2) is 12.2 Å². The predicted octanol–water partition coefficient (Wildman–Crippen LogP) is 1.63. The molecule has 3 amide bonds. The number of imide groups is 1. The minimum atomic E-state index is -0.154. The number of likely N-dealkylation sites (tertiary alicyclic amines) is 1. The average Bonchev–Trinajstić information content (AvgIpc) is 3.22. The Hall–Kier alpha value is -1.65. The normalized spacial score (nSPS) is 35.9. The summed E-state index contributed by atoms with van der Waals surface area (Å²) in [6.45, 7) is 0.239. The zero-order valence-electron chi connectivity index (χ0n) is 13.4. The van der Waals surface area contributed by atoms with E-state index in [1.807, 2.05) is 0 Å². The number of amides is 3. The molecule has 23 heavy (non-hydrogen) atoms. The van der Waals surface area contributed by atoms with Gasteiger partial charge in [-0.2, -0.15) is 0 Å². The highest BCUT2D eigenvalue weighted by Gasteiger charge is 2.58. The highest BCUT2D eigenvalue weighted by molar-refractivity contribution is 6.06. The second kappa shape index (κ2) is 5.77. The van der Waals surface area contributed by atoms with Crippen molar-refractivity contribution in [3.8, 4) is 0 Å². The van der Waals surface area contributed by atoms with Crippen molar-refractivity contribution in [2.24, 2.45) is 23.7 Å². The third-order valence-electron chi connectivity index (χ3n) is 6.09. The molecular formula is C18H24N2O3. The highest BCUT2D eigenvalue weighted by Crippen LogP contribution is 2.52. The Morgan fingerprint density at radius 1 is 1.04 bits per heavy atom. The number of carbonyl (C=O) groups is 3. The number of rotatable bonds is 4. The maximum Gasteiger partial charge on any atom is 0.233 e. The van der Waals surface area contributed by atoms with Gasteiger partial charge in [0.2, 0.25) is 17.7 Å². The minimum Gasteiger partial charge on any atom is -0.353 e. The summed E-state index contributed by atoms with van der Waals surface area (Å²) in [4.78, 5) is 38.5. The fourth-order valence-corrected chi connectivity index (χ4v) is 4.94. The van der Waals surface area contributed by atoms with E-state index in [0.29, 0.717) is 0 Å². The molecule has 3 fully saturated rings. The van der Waals surface area contributed by atoms with Gasteiger partial charge < -0.3 is 5.32 Å². The molecule has 4 aliphatic rings. The van der Waals surface area contributed by atoms with Crippen molar-refractivity contribution >= 4 is 17.7 Å². The summed E-state index contributed by atoms with van der Waals surface area (Å²) < 4.78 is 0. The summed E-state index contributed by atoms with van der Waals surface area (Å²) in [6.07, 6.45) is 11.1. The SMILES string of the molecule is O=C(CCN1C(=O)[C@H]2[C@H](C1=O)[C@H]1C=C[C@H]2C1)NC1CCCCC1. The molecule has 1 saturated heterocycles. The van der Waals surface area contributed by atoms with E-state index in [9.17, 15) is 14.4 Å². The minimum absolute atomic E-state index is 0.0318. The summed E-state index contributed by atoms with van der Waals surface area (Å²) in [6, 6.07) is 0.278. The van der Waals surface area contributed by atoms with E-state index in [4.69, 9.17) is 0 Å². The number of fused-ring (bicyclic) bond motifs is 5. The van der Waals surface area contributed by atoms with Crippen molar-refractivity contribution < 1.29 is 14.4 Å². The fourth-order valence-electron chi connectivity index (χ4n) is 4.94. The Morgan fingerprint density at radius 3 is 2.26 bits per heavy atom. The van der Waals surface area contributed by atoms with Gasteiger partial charge in [0.15, 0.2) is 0 Å². The lowest BCUT2D eigenvalue weighted by Crippen LogP contribution is -2.40. The number of nitrogens with zero attached hydrogens (tertiary/aromatic N) is 1. The van der Waals surface area contributed by atoms with Crippen LogP contribution in [0.3, 0.4) is 0 Å². The quantitative estimate of drug-likeness (QED) is 0.633. The standard InChI is InChI=1S/C18H24N2O3/c21-14(19-13-4-2-1-3-5-13)8-9-20-17(22)15-11-6-7-12(10-11)16(15)18(20)23/h6-7,11-13,15-16H,1-5,8-10H2,(H,19,21)/t11-,12-,15+,16+/m0/s1. The number of carbonyl (C=O) groups excluding carboxylic acids is 3. The van der Waals surface area contributed by atoms with Gasteiger partial charge >= 0.3 is 0 Å². The van der Waals surface area contributed by atoms with Crippen LogP contribution in [0.2, 0.25) is 0 Å². The van der Waals surface area contributed by atoms with Crippen LogP contribution in [-0.4, -0.2) is 35.2 Å². The van der Waals surface area contributed by atoms with Gasteiger partial charge in [-0.05, 0) is 31.1 Å². The smallest absolute Gasteiger partial charge is 0.233 e. The zero-order chi connectivity index (χ0) is 16.0. The number of hydrogen-bond donors (Lipinski definition) is 1. The maximum atomic E-state index is 12.5. The number of allylic oxidation sites excluding steroid dienone is 2. The molecule has 4 atom stereocenters. The van der Waals surface area contributed by atoms with Crippen LogP contribution >= 0.6 is 0 Å². The lowest BCUT2D eigenvalue weighted by Gasteiger charge is -2.23. The van der Waals surface area contributed by atoms with Gasteiger partial charge in [0.05, 0.1) is 11.8 Å². The summed E-state index contributed by atoms with van der Waals surface area (Å²) in [5.74, 6) is 0.0307. The van der Waals surface area contributed by atoms with Crippen molar-refractivity contribution in [1.29, 1.82) is 0 Å². The first-order chi connectivity index (χ1) is 11.1. The Balaban J connectivity index is 1.32.